The molecule has 0 aliphatic rings. The zero-order valence-corrected chi connectivity index (χ0v) is 12.3. The maximum atomic E-state index is 10.9. The van der Waals surface area contributed by atoms with E-state index in [9.17, 15) is 10.1 Å². The van der Waals surface area contributed by atoms with Crippen molar-refractivity contribution in [1.82, 2.24) is 4.90 Å². The Kier molecular flexibility index (Phi) is 4.70. The summed E-state index contributed by atoms with van der Waals surface area (Å²) in [6.45, 7) is 1.62. The van der Waals surface area contributed by atoms with Gasteiger partial charge in [-0.2, -0.15) is 11.3 Å². The summed E-state index contributed by atoms with van der Waals surface area (Å²) in [6.07, 6.45) is 0. The quantitative estimate of drug-likeness (QED) is 0.655. The SMILES string of the molecule is CNc1cc(CN(C)Cc2ccsc2)ccc1[N+](=O)[O-]. The van der Waals surface area contributed by atoms with Gasteiger partial charge in [0.2, 0.25) is 0 Å². The molecule has 0 fully saturated rings. The van der Waals surface area contributed by atoms with E-state index < -0.39 is 0 Å². The Morgan fingerprint density at radius 2 is 2.05 bits per heavy atom. The molecule has 0 bridgehead atoms. The minimum Gasteiger partial charge on any atom is -0.383 e. The lowest BCUT2D eigenvalue weighted by molar-refractivity contribution is -0.384. The van der Waals surface area contributed by atoms with E-state index in [1.807, 2.05) is 19.2 Å². The van der Waals surface area contributed by atoms with Crippen LogP contribution in [0.1, 0.15) is 11.1 Å². The molecule has 6 heteroatoms. The highest BCUT2D eigenvalue weighted by atomic mass is 32.1. The molecule has 1 aromatic heterocycles. The van der Waals surface area contributed by atoms with Gasteiger partial charge in [0, 0.05) is 26.2 Å². The first-order chi connectivity index (χ1) is 9.60. The molecule has 0 saturated carbocycles. The van der Waals surface area contributed by atoms with Gasteiger partial charge in [-0.25, -0.2) is 0 Å². The molecule has 0 amide bonds. The molecule has 1 N–H and O–H groups in total. The molecule has 1 heterocycles. The number of benzene rings is 1. The van der Waals surface area contributed by atoms with E-state index >= 15 is 0 Å². The first kappa shape index (κ1) is 14.5. The maximum Gasteiger partial charge on any atom is 0.292 e. The van der Waals surface area contributed by atoms with E-state index in [2.05, 4.69) is 27.0 Å². The van der Waals surface area contributed by atoms with Crippen LogP contribution in [0.5, 0.6) is 0 Å². The number of hydrogen-bond acceptors (Lipinski definition) is 5. The van der Waals surface area contributed by atoms with Crippen molar-refractivity contribution in [3.63, 3.8) is 0 Å². The molecule has 2 rings (SSSR count). The maximum absolute atomic E-state index is 10.9. The number of nitrogens with zero attached hydrogens (tertiary/aromatic N) is 2. The van der Waals surface area contributed by atoms with E-state index in [-0.39, 0.29) is 10.6 Å². The molecule has 2 aromatic rings. The minimum atomic E-state index is -0.370. The zero-order chi connectivity index (χ0) is 14.5. The normalized spacial score (nSPS) is 10.8. The number of nitro benzene ring substituents is 1. The molecule has 0 atom stereocenters. The summed E-state index contributed by atoms with van der Waals surface area (Å²) in [6, 6.07) is 7.31. The van der Waals surface area contributed by atoms with Gasteiger partial charge in [0.15, 0.2) is 0 Å². The highest BCUT2D eigenvalue weighted by Gasteiger charge is 2.13. The van der Waals surface area contributed by atoms with Gasteiger partial charge in [-0.15, -0.1) is 0 Å². The predicted octanol–water partition coefficient (Wildman–Crippen LogP) is 3.33. The zero-order valence-electron chi connectivity index (χ0n) is 11.5. The summed E-state index contributed by atoms with van der Waals surface area (Å²) in [5.74, 6) is 0. The lowest BCUT2D eigenvalue weighted by Gasteiger charge is -2.16. The summed E-state index contributed by atoms with van der Waals surface area (Å²) in [5, 5.41) is 18.0. The van der Waals surface area contributed by atoms with E-state index in [1.165, 1.54) is 5.56 Å². The molecule has 20 heavy (non-hydrogen) atoms. The molecule has 106 valence electrons. The second-order valence-corrected chi connectivity index (χ2v) is 5.44. The van der Waals surface area contributed by atoms with Crippen LogP contribution >= 0.6 is 11.3 Å². The smallest absolute Gasteiger partial charge is 0.292 e. The second-order valence-electron chi connectivity index (χ2n) is 4.66. The Bertz CT molecular complexity index is 584. The highest BCUT2D eigenvalue weighted by molar-refractivity contribution is 7.07. The van der Waals surface area contributed by atoms with Crippen LogP contribution in [0.25, 0.3) is 0 Å². The topological polar surface area (TPSA) is 58.4 Å². The van der Waals surface area contributed by atoms with Crippen LogP contribution in [-0.4, -0.2) is 23.9 Å². The average molecular weight is 291 g/mol. The standard InChI is InChI=1S/C14H17N3O2S/c1-15-13-7-11(3-4-14(13)17(18)19)8-16(2)9-12-5-6-20-10-12/h3-7,10,15H,8-9H2,1-2H3. The van der Waals surface area contributed by atoms with Crippen molar-refractivity contribution in [2.75, 3.05) is 19.4 Å². The molecule has 0 radical (unpaired) electrons. The van der Waals surface area contributed by atoms with Crippen LogP contribution in [0.3, 0.4) is 0 Å². The molecule has 0 aliphatic heterocycles. The van der Waals surface area contributed by atoms with E-state index in [4.69, 9.17) is 0 Å². The molecule has 5 nitrogen and oxygen atoms in total. The molecule has 0 aliphatic carbocycles. The summed E-state index contributed by atoms with van der Waals surface area (Å²) < 4.78 is 0. The van der Waals surface area contributed by atoms with Crippen LogP contribution in [-0.2, 0) is 13.1 Å². The average Bonchev–Trinajstić information content (AvgIpc) is 2.90. The van der Waals surface area contributed by atoms with E-state index in [1.54, 1.807) is 24.5 Å². The fourth-order valence-electron chi connectivity index (χ4n) is 2.10. The summed E-state index contributed by atoms with van der Waals surface area (Å²) >= 11 is 1.69. The van der Waals surface area contributed by atoms with E-state index in [0.29, 0.717) is 5.69 Å². The molecule has 0 unspecified atom stereocenters. The van der Waals surface area contributed by atoms with Crippen molar-refractivity contribution in [3.05, 3.63) is 56.3 Å². The second kappa shape index (κ2) is 6.49. The third kappa shape index (κ3) is 3.55. The van der Waals surface area contributed by atoms with Gasteiger partial charge < -0.3 is 5.32 Å². The van der Waals surface area contributed by atoms with Gasteiger partial charge in [-0.1, -0.05) is 6.07 Å². The van der Waals surface area contributed by atoms with Crippen molar-refractivity contribution < 1.29 is 4.92 Å². The predicted molar refractivity (Wildman–Crippen MR) is 82.1 cm³/mol. The van der Waals surface area contributed by atoms with Gasteiger partial charge in [0.1, 0.15) is 5.69 Å². The number of hydrogen-bond donors (Lipinski definition) is 1. The summed E-state index contributed by atoms with van der Waals surface area (Å²) in [7, 11) is 3.74. The fraction of sp³-hybridized carbons (Fsp3) is 0.286. The highest BCUT2D eigenvalue weighted by Crippen LogP contribution is 2.25. The fourth-order valence-corrected chi connectivity index (χ4v) is 2.76. The number of anilines is 1. The molecule has 1 aromatic carbocycles. The van der Waals surface area contributed by atoms with Crippen LogP contribution in [0.4, 0.5) is 11.4 Å². The van der Waals surface area contributed by atoms with E-state index in [0.717, 1.165) is 18.7 Å². The Hall–Kier alpha value is -1.92. The largest absolute Gasteiger partial charge is 0.383 e. The Morgan fingerprint density at radius 1 is 1.30 bits per heavy atom. The number of thiophene rings is 1. The van der Waals surface area contributed by atoms with Crippen LogP contribution < -0.4 is 5.32 Å². The van der Waals surface area contributed by atoms with Crippen LogP contribution in [0.15, 0.2) is 35.0 Å². The first-order valence-electron chi connectivity index (χ1n) is 6.25. The summed E-state index contributed by atoms with van der Waals surface area (Å²) in [5.41, 5.74) is 3.00. The number of rotatable bonds is 6. The number of nitrogens with one attached hydrogen (secondary N) is 1. The van der Waals surface area contributed by atoms with Crippen molar-refractivity contribution in [3.8, 4) is 0 Å². The van der Waals surface area contributed by atoms with Crippen LogP contribution in [0, 0.1) is 10.1 Å². The van der Waals surface area contributed by atoms with Crippen molar-refractivity contribution in [2.24, 2.45) is 0 Å². The van der Waals surface area contributed by atoms with Gasteiger partial charge in [0.05, 0.1) is 4.92 Å². The van der Waals surface area contributed by atoms with Gasteiger partial charge >= 0.3 is 0 Å². The molecule has 0 spiro atoms. The summed E-state index contributed by atoms with van der Waals surface area (Å²) in [4.78, 5) is 12.7. The molecular formula is C14H17N3O2S. The Morgan fingerprint density at radius 3 is 2.65 bits per heavy atom. The van der Waals surface area contributed by atoms with Crippen molar-refractivity contribution in [2.45, 2.75) is 13.1 Å². The Balaban J connectivity index is 2.07. The molecule has 0 saturated heterocycles. The van der Waals surface area contributed by atoms with Crippen LogP contribution in [0.2, 0.25) is 0 Å². The van der Waals surface area contributed by atoms with Gasteiger partial charge in [-0.05, 0) is 41.1 Å². The first-order valence-corrected chi connectivity index (χ1v) is 7.19. The van der Waals surface area contributed by atoms with Gasteiger partial charge in [0.25, 0.3) is 5.69 Å². The van der Waals surface area contributed by atoms with Gasteiger partial charge in [-0.3, -0.25) is 15.0 Å². The molecular weight excluding hydrogens is 274 g/mol. The minimum absolute atomic E-state index is 0.108. The number of nitro groups is 1. The third-order valence-electron chi connectivity index (χ3n) is 3.01. The lowest BCUT2D eigenvalue weighted by Crippen LogP contribution is -2.17. The Labute approximate surface area is 122 Å². The lowest BCUT2D eigenvalue weighted by atomic mass is 10.1. The monoisotopic (exact) mass is 291 g/mol. The van der Waals surface area contributed by atoms with Crippen molar-refractivity contribution in [1.29, 1.82) is 0 Å². The third-order valence-corrected chi connectivity index (χ3v) is 3.74. The van der Waals surface area contributed by atoms with Crippen molar-refractivity contribution >= 4 is 22.7 Å².